The highest BCUT2D eigenvalue weighted by Gasteiger charge is 2.33. The largest absolute Gasteiger partial charge is 0.348 e. The van der Waals surface area contributed by atoms with Crippen molar-refractivity contribution in [2.75, 3.05) is 0 Å². The van der Waals surface area contributed by atoms with Gasteiger partial charge in [0.25, 0.3) is 5.91 Å². The first kappa shape index (κ1) is 8.53. The first-order chi connectivity index (χ1) is 6.74. The van der Waals surface area contributed by atoms with Gasteiger partial charge in [-0.05, 0) is 41.3 Å². The fourth-order valence-corrected chi connectivity index (χ4v) is 2.97. The van der Waals surface area contributed by atoms with E-state index in [9.17, 15) is 4.79 Å². The predicted molar refractivity (Wildman–Crippen MR) is 56.3 cm³/mol. The van der Waals surface area contributed by atoms with E-state index in [1.165, 1.54) is 6.42 Å². The van der Waals surface area contributed by atoms with Crippen molar-refractivity contribution < 1.29 is 4.79 Å². The molecule has 2 heterocycles. The summed E-state index contributed by atoms with van der Waals surface area (Å²) in [4.78, 5) is 11.8. The van der Waals surface area contributed by atoms with Crippen molar-refractivity contribution in [2.24, 2.45) is 0 Å². The second kappa shape index (κ2) is 2.86. The van der Waals surface area contributed by atoms with Gasteiger partial charge in [0.2, 0.25) is 0 Å². The lowest BCUT2D eigenvalue weighted by molar-refractivity contribution is 0.0933. The summed E-state index contributed by atoms with van der Waals surface area (Å²) in [5.41, 5.74) is 0.795. The Morgan fingerprint density at radius 1 is 1.50 bits per heavy atom. The number of carbonyl (C=O) groups excluding carboxylic acids is 1. The molecule has 0 saturated heterocycles. The van der Waals surface area contributed by atoms with Crippen LogP contribution >= 0.6 is 15.9 Å². The molecule has 1 fully saturated rings. The highest BCUT2D eigenvalue weighted by atomic mass is 79.9. The Labute approximate surface area is 90.6 Å². The van der Waals surface area contributed by atoms with Gasteiger partial charge in [-0.1, -0.05) is 0 Å². The number of hydrogen-bond donors (Lipinski definition) is 1. The molecule has 1 saturated carbocycles. The van der Waals surface area contributed by atoms with Crippen LogP contribution in [0.1, 0.15) is 35.8 Å². The number of fused-ring (bicyclic) bond motifs is 4. The fourth-order valence-electron chi connectivity index (χ4n) is 2.53. The summed E-state index contributed by atoms with van der Waals surface area (Å²) >= 11 is 3.41. The molecular formula is C10H11BrN2O. The molecule has 2 atom stereocenters. The molecular weight excluding hydrogens is 244 g/mol. The minimum absolute atomic E-state index is 0.0721. The molecule has 1 N–H and O–H groups in total. The van der Waals surface area contributed by atoms with Gasteiger partial charge in [-0.2, -0.15) is 0 Å². The van der Waals surface area contributed by atoms with E-state index < -0.39 is 0 Å². The van der Waals surface area contributed by atoms with Crippen LogP contribution in [0.4, 0.5) is 0 Å². The Kier molecular flexibility index (Phi) is 1.74. The standard InChI is InChI=1S/C10H11BrN2O/c11-6-3-9-10(14)12-7-1-2-8(4-7)13(9)5-6/h3,5,7-8H,1-2,4H2,(H,12,14)/t7-,8+/m0/s1. The van der Waals surface area contributed by atoms with Crippen LogP contribution in [0, 0.1) is 0 Å². The zero-order chi connectivity index (χ0) is 9.71. The molecule has 1 aliphatic heterocycles. The number of carbonyl (C=O) groups is 1. The lowest BCUT2D eigenvalue weighted by atomic mass is 10.2. The van der Waals surface area contributed by atoms with Gasteiger partial charge in [0.1, 0.15) is 5.69 Å². The molecule has 74 valence electrons. The lowest BCUT2D eigenvalue weighted by Crippen LogP contribution is -2.32. The van der Waals surface area contributed by atoms with Crippen molar-refractivity contribution in [1.29, 1.82) is 0 Å². The minimum atomic E-state index is 0.0721. The summed E-state index contributed by atoms with van der Waals surface area (Å²) in [5, 5.41) is 3.06. The van der Waals surface area contributed by atoms with Crippen molar-refractivity contribution >= 4 is 21.8 Å². The Hall–Kier alpha value is -0.770. The molecule has 4 heteroatoms. The molecule has 1 amide bonds. The number of aromatic nitrogens is 1. The monoisotopic (exact) mass is 254 g/mol. The second-order valence-electron chi connectivity index (χ2n) is 4.09. The smallest absolute Gasteiger partial charge is 0.268 e. The van der Waals surface area contributed by atoms with Crippen LogP contribution in [0.5, 0.6) is 0 Å². The van der Waals surface area contributed by atoms with Crippen LogP contribution in [0.3, 0.4) is 0 Å². The average molecular weight is 255 g/mol. The summed E-state index contributed by atoms with van der Waals surface area (Å²) in [7, 11) is 0. The van der Waals surface area contributed by atoms with Gasteiger partial charge in [0.15, 0.2) is 0 Å². The average Bonchev–Trinajstić information content (AvgIpc) is 2.68. The first-order valence-corrected chi connectivity index (χ1v) is 5.71. The molecule has 14 heavy (non-hydrogen) atoms. The Morgan fingerprint density at radius 3 is 3.21 bits per heavy atom. The van der Waals surface area contributed by atoms with Gasteiger partial charge in [-0.15, -0.1) is 0 Å². The maximum absolute atomic E-state index is 11.8. The molecule has 2 aliphatic rings. The summed E-state index contributed by atoms with van der Waals surface area (Å²) < 4.78 is 3.11. The molecule has 3 rings (SSSR count). The van der Waals surface area contributed by atoms with E-state index in [0.717, 1.165) is 23.0 Å². The lowest BCUT2D eigenvalue weighted by Gasteiger charge is -2.13. The quantitative estimate of drug-likeness (QED) is 0.756. The number of nitrogens with zero attached hydrogens (tertiary/aromatic N) is 1. The summed E-state index contributed by atoms with van der Waals surface area (Å²) in [5.74, 6) is 0.0721. The Morgan fingerprint density at radius 2 is 2.36 bits per heavy atom. The van der Waals surface area contributed by atoms with Crippen molar-refractivity contribution in [2.45, 2.75) is 31.3 Å². The van der Waals surface area contributed by atoms with Crippen LogP contribution in [0.15, 0.2) is 16.7 Å². The Balaban J connectivity index is 2.14. The van der Waals surface area contributed by atoms with Crippen molar-refractivity contribution in [3.63, 3.8) is 0 Å². The maximum Gasteiger partial charge on any atom is 0.268 e. The predicted octanol–water partition coefficient (Wildman–Crippen LogP) is 2.09. The SMILES string of the molecule is O=C1N[C@H]2CC[C@H](C2)n2cc(Br)cc21. The van der Waals surface area contributed by atoms with Crippen molar-refractivity contribution in [3.8, 4) is 0 Å². The van der Waals surface area contributed by atoms with Gasteiger partial charge < -0.3 is 9.88 Å². The first-order valence-electron chi connectivity index (χ1n) is 4.92. The van der Waals surface area contributed by atoms with E-state index in [-0.39, 0.29) is 5.91 Å². The Bertz CT molecular complexity index is 399. The van der Waals surface area contributed by atoms with Gasteiger partial charge in [0.05, 0.1) is 0 Å². The highest BCUT2D eigenvalue weighted by Crippen LogP contribution is 2.35. The molecule has 3 nitrogen and oxygen atoms in total. The molecule has 1 aromatic heterocycles. The molecule has 2 bridgehead atoms. The van der Waals surface area contributed by atoms with Crippen LogP contribution in [0.25, 0.3) is 0 Å². The van der Waals surface area contributed by atoms with Crippen LogP contribution in [0.2, 0.25) is 0 Å². The normalized spacial score (nSPS) is 29.6. The van der Waals surface area contributed by atoms with Crippen LogP contribution in [-0.4, -0.2) is 16.5 Å². The number of hydrogen-bond acceptors (Lipinski definition) is 1. The van der Waals surface area contributed by atoms with E-state index >= 15 is 0 Å². The van der Waals surface area contributed by atoms with Gasteiger partial charge >= 0.3 is 0 Å². The third-order valence-corrected chi connectivity index (χ3v) is 3.62. The van der Waals surface area contributed by atoms with Crippen molar-refractivity contribution in [3.05, 3.63) is 22.4 Å². The van der Waals surface area contributed by atoms with Gasteiger partial charge in [-0.25, -0.2) is 0 Å². The van der Waals surface area contributed by atoms with Gasteiger partial charge in [0, 0.05) is 22.8 Å². The molecule has 1 aromatic rings. The third kappa shape index (κ3) is 1.13. The van der Waals surface area contributed by atoms with E-state index in [2.05, 4.69) is 25.8 Å². The summed E-state index contributed by atoms with van der Waals surface area (Å²) in [6, 6.07) is 2.81. The number of amides is 1. The van der Waals surface area contributed by atoms with E-state index in [4.69, 9.17) is 0 Å². The summed E-state index contributed by atoms with van der Waals surface area (Å²) in [6.07, 6.45) is 5.40. The van der Waals surface area contributed by atoms with Gasteiger partial charge in [-0.3, -0.25) is 4.79 Å². The van der Waals surface area contributed by atoms with Crippen molar-refractivity contribution in [1.82, 2.24) is 9.88 Å². The zero-order valence-electron chi connectivity index (χ0n) is 7.66. The maximum atomic E-state index is 11.8. The van der Waals surface area contributed by atoms with Crippen LogP contribution in [-0.2, 0) is 0 Å². The molecule has 0 unspecified atom stereocenters. The third-order valence-electron chi connectivity index (χ3n) is 3.18. The molecule has 0 aromatic carbocycles. The topological polar surface area (TPSA) is 34.0 Å². The highest BCUT2D eigenvalue weighted by molar-refractivity contribution is 9.10. The molecule has 1 aliphatic carbocycles. The zero-order valence-corrected chi connectivity index (χ0v) is 9.25. The van der Waals surface area contributed by atoms with E-state index in [0.29, 0.717) is 12.1 Å². The molecule has 0 radical (unpaired) electrons. The van der Waals surface area contributed by atoms with Crippen LogP contribution < -0.4 is 5.32 Å². The fraction of sp³-hybridized carbons (Fsp3) is 0.500. The molecule has 0 spiro atoms. The number of nitrogens with one attached hydrogen (secondary N) is 1. The number of rotatable bonds is 0. The summed E-state index contributed by atoms with van der Waals surface area (Å²) in [6.45, 7) is 0. The van der Waals surface area contributed by atoms with E-state index in [1.807, 2.05) is 12.3 Å². The number of halogens is 1. The minimum Gasteiger partial charge on any atom is -0.348 e. The second-order valence-corrected chi connectivity index (χ2v) is 5.00. The van der Waals surface area contributed by atoms with E-state index in [1.54, 1.807) is 0 Å².